The lowest BCUT2D eigenvalue weighted by Crippen LogP contribution is -2.69. The number of imide groups is 1. The first-order valence-corrected chi connectivity index (χ1v) is 31.4. The second-order valence-electron chi connectivity index (χ2n) is 23.8. The van der Waals surface area contributed by atoms with Crippen LogP contribution in [0.15, 0.2) is 65.7 Å². The van der Waals surface area contributed by atoms with Crippen LogP contribution in [0.4, 0.5) is 5.69 Å². The zero-order valence-electron chi connectivity index (χ0n) is 52.1. The predicted molar refractivity (Wildman–Crippen MR) is 333 cm³/mol. The fourth-order valence-corrected chi connectivity index (χ4v) is 12.0. The van der Waals surface area contributed by atoms with Gasteiger partial charge in [0.25, 0.3) is 11.8 Å². The van der Waals surface area contributed by atoms with Crippen LogP contribution in [-0.2, 0) is 80.1 Å². The van der Waals surface area contributed by atoms with Gasteiger partial charge in [-0.05, 0) is 48.1 Å². The van der Waals surface area contributed by atoms with Gasteiger partial charge in [-0.25, -0.2) is 0 Å². The van der Waals surface area contributed by atoms with Crippen molar-refractivity contribution in [3.8, 4) is 0 Å². The van der Waals surface area contributed by atoms with Crippen molar-refractivity contribution < 1.29 is 82.4 Å². The minimum atomic E-state index is -2.37. The topological polar surface area (TPSA) is 454 Å². The molecule has 4 aliphatic rings. The minimum Gasteiger partial charge on any atom is -0.394 e. The molecule has 3 unspecified atom stereocenters. The molecule has 1 fully saturated rings. The Morgan fingerprint density at radius 3 is 2.10 bits per heavy atom. The molecule has 4 aliphatic heterocycles. The van der Waals surface area contributed by atoms with E-state index in [1.807, 2.05) is 0 Å². The van der Waals surface area contributed by atoms with Crippen LogP contribution in [0.5, 0.6) is 0 Å². The van der Waals surface area contributed by atoms with Gasteiger partial charge in [0.15, 0.2) is 11.9 Å². The third-order valence-corrected chi connectivity index (χ3v) is 17.7. The number of nitrogens with zero attached hydrogens (tertiary/aromatic N) is 2. The third kappa shape index (κ3) is 18.1. The summed E-state index contributed by atoms with van der Waals surface area (Å²) < 4.78 is 0. The first-order chi connectivity index (χ1) is 44.1. The lowest BCUT2D eigenvalue weighted by atomic mass is 9.92. The van der Waals surface area contributed by atoms with Gasteiger partial charge < -0.3 is 78.4 Å². The van der Waals surface area contributed by atoms with Crippen molar-refractivity contribution in [1.82, 2.24) is 68.0 Å². The Balaban J connectivity index is 1.16. The summed E-state index contributed by atoms with van der Waals surface area (Å²) in [7, 11) is 0. The second kappa shape index (κ2) is 32.0. The number of aliphatic hydroxyl groups is 3. The smallest absolute Gasteiger partial charge is 0.253 e. The summed E-state index contributed by atoms with van der Waals surface area (Å²) in [6, 6.07) is 2.62. The van der Waals surface area contributed by atoms with Crippen molar-refractivity contribution in [2.75, 3.05) is 43.9 Å². The van der Waals surface area contributed by atoms with Crippen LogP contribution in [0.2, 0.25) is 0 Å². The van der Waals surface area contributed by atoms with Gasteiger partial charge in [-0.1, -0.05) is 71.4 Å². The normalized spacial score (nSPS) is 24.4. The first kappa shape index (κ1) is 71.3. The van der Waals surface area contributed by atoms with E-state index in [-0.39, 0.29) is 43.7 Å². The van der Waals surface area contributed by atoms with E-state index in [1.54, 1.807) is 52.0 Å². The maximum atomic E-state index is 15.3. The predicted octanol–water partition coefficient (Wildman–Crippen LogP) is -3.91. The molecule has 31 nitrogen and oxygen atoms in total. The quantitative estimate of drug-likeness (QED) is 0.0403. The Morgan fingerprint density at radius 1 is 0.774 bits per heavy atom. The number of anilines is 1. The van der Waals surface area contributed by atoms with E-state index < -0.39 is 194 Å². The van der Waals surface area contributed by atoms with Crippen LogP contribution >= 0.6 is 11.8 Å². The van der Waals surface area contributed by atoms with Crippen molar-refractivity contribution in [2.24, 2.45) is 17.8 Å². The molecule has 1 aromatic heterocycles. The highest BCUT2D eigenvalue weighted by atomic mass is 32.2. The van der Waals surface area contributed by atoms with Gasteiger partial charge in [-0.3, -0.25) is 77.3 Å². The number of rotatable bonds is 19. The average molecular weight is 1310 g/mol. The number of carbonyl (C=O) groups is 14. The van der Waals surface area contributed by atoms with Crippen LogP contribution < -0.4 is 58.5 Å². The summed E-state index contributed by atoms with van der Waals surface area (Å²) in [5.74, 6) is -13.2. The molecule has 93 heavy (non-hydrogen) atoms. The number of aldehydes is 1. The number of benzene rings is 2. The Hall–Kier alpha value is -9.11. The molecule has 15 N–H and O–H groups in total. The average Bonchev–Trinajstić information content (AvgIpc) is 1.35. The molecule has 1 saturated heterocycles. The van der Waals surface area contributed by atoms with Crippen molar-refractivity contribution >= 4 is 111 Å². The Bertz CT molecular complexity index is 3380. The number of nitrogens with one attached hydrogen (secondary N) is 12. The maximum absolute atomic E-state index is 15.3. The van der Waals surface area contributed by atoms with Crippen LogP contribution in [0, 0.1) is 17.8 Å². The highest BCUT2D eigenvalue weighted by Gasteiger charge is 2.53. The number of hydrogen-bond donors (Lipinski definition) is 15. The summed E-state index contributed by atoms with van der Waals surface area (Å²) in [6.45, 7) is 6.14. The van der Waals surface area contributed by atoms with E-state index in [2.05, 4.69) is 63.5 Å². The lowest BCUT2D eigenvalue weighted by Gasteiger charge is -2.41. The molecule has 502 valence electrons. The molecule has 0 spiro atoms. The summed E-state index contributed by atoms with van der Waals surface area (Å²) in [4.78, 5) is 197. The number of fused-ring (bicyclic) bond motifs is 5. The Morgan fingerprint density at radius 2 is 1.44 bits per heavy atom. The zero-order chi connectivity index (χ0) is 68.0. The van der Waals surface area contributed by atoms with Gasteiger partial charge in [0, 0.05) is 79.3 Å². The van der Waals surface area contributed by atoms with Gasteiger partial charge >= 0.3 is 0 Å². The van der Waals surface area contributed by atoms with E-state index in [9.17, 15) is 77.6 Å². The minimum absolute atomic E-state index is 0.200. The molecule has 3 aromatic rings. The van der Waals surface area contributed by atoms with Gasteiger partial charge in [0.2, 0.25) is 65.0 Å². The monoisotopic (exact) mass is 1310 g/mol. The molecule has 7 rings (SSSR count). The lowest BCUT2D eigenvalue weighted by molar-refractivity contribution is -0.147. The number of amides is 13. The summed E-state index contributed by atoms with van der Waals surface area (Å²) >= 11 is 0.987. The van der Waals surface area contributed by atoms with Gasteiger partial charge in [-0.15, -0.1) is 11.8 Å². The standard InChI is InChI=1S/C61H80N14O17S/c1-7-31(4)51-56(89)64-24-46(82)67-42-28-93-59-38(37-10-8-9-11-39(37)70-59)20-40(54(87)63-25-47(83)72-51)68-58(91)52(32(5)43(79)27-76)73-61(29-77)22-36(78)26-75(61)60(92)41(69-55(42)88)21-45(81)62-23-34-12-14-35(15-13-34)66-53(86)33(6)65-57(90)50(30(2)3)71-44(80)18-19-74-48(84)16-17-49(74)85/h8-17,29-33,36,40-43,50-52,70,73,76,78-79H,7,18-28H2,1-6H3,(H,62,81)(H,63,87)(H,64,89)(H,65,90)(H,66,86)(H,67,82)(H,68,91)(H,69,88)(H,71,80)(H,72,83)/t31-,32-,33-,36+,40?,41-,42?,43-,50?,51-,52-,61-/m0/s1. The van der Waals surface area contributed by atoms with E-state index in [0.717, 1.165) is 33.7 Å². The summed E-state index contributed by atoms with van der Waals surface area (Å²) in [5, 5.41) is 62.4. The molecule has 12 atom stereocenters. The third-order valence-electron chi connectivity index (χ3n) is 16.6. The number of aliphatic hydroxyl groups excluding tert-OH is 3. The molecule has 13 amide bonds. The Labute approximate surface area is 538 Å². The largest absolute Gasteiger partial charge is 0.394 e. The number of thioether (sulfide) groups is 1. The van der Waals surface area contributed by atoms with Crippen LogP contribution in [0.1, 0.15) is 78.4 Å². The van der Waals surface area contributed by atoms with E-state index in [1.165, 1.54) is 38.1 Å². The van der Waals surface area contributed by atoms with E-state index in [4.69, 9.17) is 0 Å². The van der Waals surface area contributed by atoms with Gasteiger partial charge in [-0.2, -0.15) is 0 Å². The SMILES string of the molecule is CC[C@H](C)[C@@H]1NC(=O)CNC(=O)C2Cc3c([nH]c4ccccc34)SCC(NC(=O)CNC1=O)C(=O)N[C@@H](CC(=O)NCc1ccc(NC(=O)[C@H](C)NC(=O)C(NC(=O)CCN3C(=O)C=CC3=O)C(C)C)cc1)C(=O)N1C[C@H](O)C[C@]1(C=O)N[C@@H]([C@@H](C)[C@@H](O)CO)C(=O)N2. The highest BCUT2D eigenvalue weighted by molar-refractivity contribution is 7.99. The van der Waals surface area contributed by atoms with E-state index in [0.29, 0.717) is 33.5 Å². The van der Waals surface area contributed by atoms with Crippen molar-refractivity contribution in [3.05, 3.63) is 71.8 Å². The molecule has 2 aromatic carbocycles. The number of para-hydroxylation sites is 1. The molecule has 5 heterocycles. The van der Waals surface area contributed by atoms with Crippen LogP contribution in [-0.4, -0.2) is 212 Å². The highest BCUT2D eigenvalue weighted by Crippen LogP contribution is 2.33. The number of aromatic nitrogens is 1. The van der Waals surface area contributed by atoms with E-state index >= 15 is 4.79 Å². The molecule has 0 aliphatic carbocycles. The summed E-state index contributed by atoms with van der Waals surface area (Å²) in [6.07, 6.45) is -2.48. The number of H-pyrrole nitrogens is 1. The number of carbonyl (C=O) groups excluding carboxylic acids is 14. The number of hydrogen-bond acceptors (Lipinski definition) is 19. The molecular formula is C61H80N14O17S. The van der Waals surface area contributed by atoms with Gasteiger partial charge in [0.05, 0.1) is 49.4 Å². The zero-order valence-corrected chi connectivity index (χ0v) is 52.9. The van der Waals surface area contributed by atoms with Gasteiger partial charge in [0.1, 0.15) is 36.3 Å². The van der Waals surface area contributed by atoms with Crippen molar-refractivity contribution in [1.29, 1.82) is 0 Å². The van der Waals surface area contributed by atoms with Crippen LogP contribution in [0.3, 0.4) is 0 Å². The molecular weight excluding hydrogens is 1230 g/mol. The fourth-order valence-electron chi connectivity index (χ4n) is 10.9. The maximum Gasteiger partial charge on any atom is 0.253 e. The van der Waals surface area contributed by atoms with Crippen LogP contribution in [0.25, 0.3) is 10.9 Å². The molecule has 32 heteroatoms. The molecule has 2 bridgehead atoms. The number of aromatic amines is 1. The second-order valence-corrected chi connectivity index (χ2v) is 24.8. The Kier molecular flexibility index (Phi) is 24.5. The van der Waals surface area contributed by atoms with Crippen molar-refractivity contribution in [3.63, 3.8) is 0 Å². The summed E-state index contributed by atoms with van der Waals surface area (Å²) in [5.41, 5.74) is -0.700. The first-order valence-electron chi connectivity index (χ1n) is 30.5. The fraction of sp³-hybridized carbons (Fsp3) is 0.508. The molecule has 0 radical (unpaired) electrons. The molecule has 0 saturated carbocycles. The van der Waals surface area contributed by atoms with Crippen molar-refractivity contribution in [2.45, 2.75) is 145 Å².